The quantitative estimate of drug-likeness (QED) is 0.737. The first kappa shape index (κ1) is 12.3. The molecule has 1 N–H and O–H groups in total. The highest BCUT2D eigenvalue weighted by Gasteiger charge is 2.15. The van der Waals surface area contributed by atoms with Crippen LogP contribution in [0.1, 0.15) is 33.6 Å². The molecule has 0 radical (unpaired) electrons. The lowest BCUT2D eigenvalue weighted by atomic mass is 10.2. The molecule has 0 aromatic heterocycles. The number of rotatable bonds is 6. The van der Waals surface area contributed by atoms with Crippen molar-refractivity contribution < 1.29 is 4.74 Å². The van der Waals surface area contributed by atoms with Gasteiger partial charge in [-0.2, -0.15) is 11.8 Å². The fraction of sp³-hybridized carbons (Fsp3) is 1.00. The van der Waals surface area contributed by atoms with Crippen LogP contribution >= 0.6 is 11.8 Å². The lowest BCUT2D eigenvalue weighted by Crippen LogP contribution is -2.31. The van der Waals surface area contributed by atoms with Crippen LogP contribution in [-0.2, 0) is 4.74 Å². The standard InChI is InChI=1S/C11H23NOS/c1-9(2)14-10(3)7-12-8-11-5-4-6-13-11/h9-12H,4-8H2,1-3H3. The summed E-state index contributed by atoms with van der Waals surface area (Å²) in [6.45, 7) is 9.88. The minimum Gasteiger partial charge on any atom is -0.377 e. The third-order valence-corrected chi connectivity index (χ3v) is 3.51. The van der Waals surface area contributed by atoms with Gasteiger partial charge in [0.1, 0.15) is 0 Å². The van der Waals surface area contributed by atoms with Gasteiger partial charge in [0, 0.05) is 24.9 Å². The minimum absolute atomic E-state index is 0.478. The molecule has 14 heavy (non-hydrogen) atoms. The number of thioether (sulfide) groups is 1. The van der Waals surface area contributed by atoms with Gasteiger partial charge in [0.25, 0.3) is 0 Å². The number of nitrogens with one attached hydrogen (secondary N) is 1. The highest BCUT2D eigenvalue weighted by Crippen LogP contribution is 2.16. The molecule has 0 bridgehead atoms. The smallest absolute Gasteiger partial charge is 0.0700 e. The Morgan fingerprint density at radius 3 is 2.79 bits per heavy atom. The summed E-state index contributed by atoms with van der Waals surface area (Å²) in [4.78, 5) is 0. The summed E-state index contributed by atoms with van der Waals surface area (Å²) >= 11 is 2.03. The Balaban J connectivity index is 1.96. The summed E-state index contributed by atoms with van der Waals surface area (Å²) < 4.78 is 5.55. The van der Waals surface area contributed by atoms with Crippen molar-refractivity contribution in [1.29, 1.82) is 0 Å². The average molecular weight is 217 g/mol. The van der Waals surface area contributed by atoms with E-state index in [-0.39, 0.29) is 0 Å². The lowest BCUT2D eigenvalue weighted by Gasteiger charge is -2.16. The number of hydrogen-bond acceptors (Lipinski definition) is 3. The second-order valence-corrected chi connectivity index (χ2v) is 6.31. The van der Waals surface area contributed by atoms with E-state index in [1.54, 1.807) is 0 Å². The van der Waals surface area contributed by atoms with E-state index in [0.29, 0.717) is 11.4 Å². The van der Waals surface area contributed by atoms with Crippen LogP contribution in [0.3, 0.4) is 0 Å². The predicted molar refractivity (Wildman–Crippen MR) is 64.0 cm³/mol. The van der Waals surface area contributed by atoms with E-state index in [0.717, 1.165) is 24.9 Å². The fourth-order valence-corrected chi connectivity index (χ4v) is 2.91. The van der Waals surface area contributed by atoms with E-state index in [1.165, 1.54) is 12.8 Å². The Hall–Kier alpha value is 0.270. The minimum atomic E-state index is 0.478. The fourth-order valence-electron chi connectivity index (χ4n) is 1.77. The molecule has 0 aromatic carbocycles. The van der Waals surface area contributed by atoms with Crippen molar-refractivity contribution in [1.82, 2.24) is 5.32 Å². The molecule has 0 aliphatic carbocycles. The third kappa shape index (κ3) is 5.23. The highest BCUT2D eigenvalue weighted by atomic mass is 32.2. The largest absolute Gasteiger partial charge is 0.377 e. The van der Waals surface area contributed by atoms with Gasteiger partial charge in [-0.15, -0.1) is 0 Å². The van der Waals surface area contributed by atoms with Crippen LogP contribution in [0.5, 0.6) is 0 Å². The molecule has 1 rings (SSSR count). The normalized spacial score (nSPS) is 24.4. The van der Waals surface area contributed by atoms with Gasteiger partial charge in [-0.1, -0.05) is 20.8 Å². The molecule has 3 heteroatoms. The monoisotopic (exact) mass is 217 g/mol. The first-order valence-electron chi connectivity index (χ1n) is 5.66. The van der Waals surface area contributed by atoms with Crippen molar-refractivity contribution in [2.75, 3.05) is 19.7 Å². The molecular weight excluding hydrogens is 194 g/mol. The summed E-state index contributed by atoms with van der Waals surface area (Å²) in [7, 11) is 0. The summed E-state index contributed by atoms with van der Waals surface area (Å²) in [6.07, 6.45) is 2.95. The van der Waals surface area contributed by atoms with Gasteiger partial charge in [0.15, 0.2) is 0 Å². The molecule has 1 aliphatic rings. The Labute approximate surface area is 92.2 Å². The Kier molecular flexibility index (Phi) is 5.90. The average Bonchev–Trinajstić information content (AvgIpc) is 2.55. The summed E-state index contributed by atoms with van der Waals surface area (Å²) in [5.74, 6) is 0. The van der Waals surface area contributed by atoms with Crippen LogP contribution in [0.15, 0.2) is 0 Å². The first-order chi connectivity index (χ1) is 6.68. The van der Waals surface area contributed by atoms with Gasteiger partial charge in [-0.05, 0) is 18.1 Å². The predicted octanol–water partition coefficient (Wildman–Crippen LogP) is 2.29. The van der Waals surface area contributed by atoms with Crippen LogP contribution in [0.4, 0.5) is 0 Å². The van der Waals surface area contributed by atoms with E-state index >= 15 is 0 Å². The Morgan fingerprint density at radius 1 is 1.43 bits per heavy atom. The molecule has 0 amide bonds. The van der Waals surface area contributed by atoms with Gasteiger partial charge in [0.2, 0.25) is 0 Å². The lowest BCUT2D eigenvalue weighted by molar-refractivity contribution is 0.110. The van der Waals surface area contributed by atoms with Crippen LogP contribution in [0.25, 0.3) is 0 Å². The molecule has 2 atom stereocenters. The van der Waals surface area contributed by atoms with Crippen LogP contribution in [0, 0.1) is 0 Å². The van der Waals surface area contributed by atoms with E-state index in [4.69, 9.17) is 4.74 Å². The van der Waals surface area contributed by atoms with E-state index < -0.39 is 0 Å². The highest BCUT2D eigenvalue weighted by molar-refractivity contribution is 8.00. The second kappa shape index (κ2) is 6.70. The van der Waals surface area contributed by atoms with Crippen LogP contribution < -0.4 is 5.32 Å². The summed E-state index contributed by atoms with van der Waals surface area (Å²) in [5.41, 5.74) is 0. The van der Waals surface area contributed by atoms with E-state index in [9.17, 15) is 0 Å². The van der Waals surface area contributed by atoms with E-state index in [2.05, 4.69) is 26.1 Å². The van der Waals surface area contributed by atoms with Gasteiger partial charge in [-0.25, -0.2) is 0 Å². The summed E-state index contributed by atoms with van der Waals surface area (Å²) in [5, 5.41) is 4.92. The Bertz CT molecular complexity index is 146. The third-order valence-electron chi connectivity index (χ3n) is 2.33. The molecule has 2 unspecified atom stereocenters. The maximum Gasteiger partial charge on any atom is 0.0700 e. The molecule has 84 valence electrons. The van der Waals surface area contributed by atoms with Crippen molar-refractivity contribution >= 4 is 11.8 Å². The van der Waals surface area contributed by atoms with Crippen molar-refractivity contribution in [2.24, 2.45) is 0 Å². The maximum atomic E-state index is 5.55. The van der Waals surface area contributed by atoms with Crippen molar-refractivity contribution in [3.63, 3.8) is 0 Å². The first-order valence-corrected chi connectivity index (χ1v) is 6.60. The molecule has 2 nitrogen and oxygen atoms in total. The molecule has 1 heterocycles. The van der Waals surface area contributed by atoms with Gasteiger partial charge in [0.05, 0.1) is 6.10 Å². The van der Waals surface area contributed by atoms with Crippen LogP contribution in [-0.4, -0.2) is 36.3 Å². The topological polar surface area (TPSA) is 21.3 Å². The number of ether oxygens (including phenoxy) is 1. The van der Waals surface area contributed by atoms with Crippen molar-refractivity contribution in [3.05, 3.63) is 0 Å². The zero-order chi connectivity index (χ0) is 10.4. The molecule has 0 saturated carbocycles. The molecule has 1 fully saturated rings. The summed E-state index contributed by atoms with van der Waals surface area (Å²) in [6, 6.07) is 0. The molecular formula is C11H23NOS. The van der Waals surface area contributed by atoms with Crippen LogP contribution in [0.2, 0.25) is 0 Å². The SMILES string of the molecule is CC(C)SC(C)CNCC1CCCO1. The Morgan fingerprint density at radius 2 is 2.21 bits per heavy atom. The van der Waals surface area contributed by atoms with Gasteiger partial charge in [-0.3, -0.25) is 0 Å². The molecule has 1 saturated heterocycles. The number of hydrogen-bond donors (Lipinski definition) is 1. The second-order valence-electron chi connectivity index (χ2n) is 4.29. The molecule has 0 spiro atoms. The van der Waals surface area contributed by atoms with Crippen molar-refractivity contribution in [3.8, 4) is 0 Å². The molecule has 0 aromatic rings. The van der Waals surface area contributed by atoms with Crippen molar-refractivity contribution in [2.45, 2.75) is 50.2 Å². The van der Waals surface area contributed by atoms with Gasteiger partial charge < -0.3 is 10.1 Å². The maximum absolute atomic E-state index is 5.55. The van der Waals surface area contributed by atoms with Gasteiger partial charge >= 0.3 is 0 Å². The zero-order valence-electron chi connectivity index (χ0n) is 9.58. The molecule has 1 aliphatic heterocycles. The zero-order valence-corrected chi connectivity index (χ0v) is 10.4. The van der Waals surface area contributed by atoms with E-state index in [1.807, 2.05) is 11.8 Å².